The Morgan fingerprint density at radius 3 is 0.289 bits per heavy atom. The topological polar surface area (TPSA) is 658 Å². The molecule has 10 rings (SSSR count). The van der Waals surface area contributed by atoms with Gasteiger partial charge in [0.05, 0.1) is 87.5 Å². The van der Waals surface area contributed by atoms with E-state index in [0.717, 1.165) is 56.9 Å². The summed E-state index contributed by atoms with van der Waals surface area (Å²) in [4.78, 5) is 91.4. The van der Waals surface area contributed by atoms with Crippen LogP contribution in [0.5, 0.6) is 0 Å². The maximum absolute atomic E-state index is 8.25. The van der Waals surface area contributed by atoms with E-state index in [-0.39, 0.29) is 104 Å². The second-order valence-electron chi connectivity index (χ2n) is 13.5. The first-order valence-electron chi connectivity index (χ1n) is 22.2. The average molecular weight is 1510 g/mol. The standard InChI is InChI=1S/5C10H8N2.6NO3.4H2O.2Pr/c5*1-3-7-11-9(5-1)10-6-2-4-8-12-10;6*2-1(3)4;;;;;;/h5*1-8H;;;;;;;4*1H2;;/q;;;;;6*-1;;;;;2*+3/p+4. The van der Waals surface area contributed by atoms with E-state index in [9.17, 15) is 0 Å². The third-order valence-electron chi connectivity index (χ3n) is 7.96. The van der Waals surface area contributed by atoms with Crippen molar-refractivity contribution >= 4 is 0 Å². The number of rotatable bonds is 5. The van der Waals surface area contributed by atoms with Crippen LogP contribution in [-0.2, 0) is 21.9 Å². The molecule has 0 saturated carbocycles. The maximum atomic E-state index is 8.25. The van der Waals surface area contributed by atoms with Gasteiger partial charge in [-0.25, -0.2) is 0 Å². The van der Waals surface area contributed by atoms with Crippen LogP contribution < -0.4 is 0 Å². The first-order valence-corrected chi connectivity index (χ1v) is 22.2. The Kier molecular flexibility index (Phi) is 63.4. The maximum Gasteiger partial charge on any atom is 3.00 e. The van der Waals surface area contributed by atoms with E-state index in [1.54, 1.807) is 62.0 Å². The van der Waals surface area contributed by atoms with Crippen LogP contribution in [0.25, 0.3) is 56.9 Å². The molecule has 0 amide bonds. The zero-order valence-electron chi connectivity index (χ0n) is 46.1. The normalized spacial score (nSPS) is 8.04. The molecule has 0 bridgehead atoms. The molecule has 466 valence electrons. The molecule has 10 aromatic rings. The molecule has 0 aromatic carbocycles. The summed E-state index contributed by atoms with van der Waals surface area (Å²) >= 11 is 0. The summed E-state index contributed by atoms with van der Waals surface area (Å²) < 4.78 is 0. The zero-order valence-corrected chi connectivity index (χ0v) is 53.5. The Bertz CT molecular complexity index is 2580. The van der Waals surface area contributed by atoms with E-state index >= 15 is 0 Å². The molecule has 0 saturated heterocycles. The summed E-state index contributed by atoms with van der Waals surface area (Å²) in [5, 5.41) is 88.5. The number of aromatic nitrogens is 10. The summed E-state index contributed by atoms with van der Waals surface area (Å²) in [5.41, 5.74) is 9.15. The van der Waals surface area contributed by atoms with Crippen LogP contribution in [0.4, 0.5) is 0 Å². The van der Waals surface area contributed by atoms with Crippen molar-refractivity contribution < 1.29 is 135 Å². The third-order valence-corrected chi connectivity index (χ3v) is 7.96. The van der Waals surface area contributed by atoms with Gasteiger partial charge < -0.3 is 114 Å². The van der Waals surface area contributed by atoms with Crippen LogP contribution in [0.2, 0.25) is 0 Å². The molecular formula is C50H52N16O22Pr2+4. The molecule has 10 aromatic heterocycles. The fraction of sp³-hybridized carbons (Fsp3) is 0. The second kappa shape index (κ2) is 61.4. The van der Waals surface area contributed by atoms with Crippen LogP contribution in [0.1, 0.15) is 0 Å². The van der Waals surface area contributed by atoms with E-state index in [4.69, 9.17) is 91.9 Å². The molecule has 90 heavy (non-hydrogen) atoms. The average Bonchev–Trinajstić information content (AvgIpc) is 1.99. The molecule has 0 radical (unpaired) electrons. The predicted molar refractivity (Wildman–Crippen MR) is 319 cm³/mol. The number of hydrogen-bond acceptors (Lipinski definition) is 28. The summed E-state index contributed by atoms with van der Waals surface area (Å²) in [6.07, 6.45) is 17.7. The van der Waals surface area contributed by atoms with Gasteiger partial charge in [-0.2, -0.15) is 0 Å². The Labute approximate surface area is 572 Å². The first kappa shape index (κ1) is 93.0. The third kappa shape index (κ3) is 56.4. The molecule has 40 heteroatoms. The second-order valence-corrected chi connectivity index (χ2v) is 13.5. The Morgan fingerprint density at radius 2 is 0.244 bits per heavy atom. The Morgan fingerprint density at radius 1 is 0.178 bits per heavy atom. The number of pyridine rings is 10. The monoisotopic (exact) mass is 1510 g/mol. The molecule has 0 aliphatic rings. The zero-order chi connectivity index (χ0) is 62.6. The first-order chi connectivity index (χ1) is 40.2. The number of nitrogens with zero attached hydrogens (tertiary/aromatic N) is 16. The SMILES string of the molecule is O=[N+]([O-])[O-].O=[N+]([O-])[O-].O=[N+]([O-])[O-].O=[N+]([O-])[O-].O=[N+]([O-])[O-].O=[N+]([O-])[O-].[OH3+].[OH3+].[OH3+].[OH3+].[Pr+3].[Pr+3].c1ccc(-c2ccccn2)nc1.c1ccc(-c2ccccn2)nc1.c1ccc(-c2ccccn2)nc1.c1ccc(-c2ccccn2)nc1.c1ccc(-c2ccccn2)nc1. The van der Waals surface area contributed by atoms with Crippen molar-refractivity contribution in [1.29, 1.82) is 0 Å². The van der Waals surface area contributed by atoms with Gasteiger partial charge >= 0.3 is 82.6 Å². The van der Waals surface area contributed by atoms with Crippen molar-refractivity contribution in [2.45, 2.75) is 0 Å². The van der Waals surface area contributed by atoms with Crippen LogP contribution in [0.15, 0.2) is 244 Å². The fourth-order valence-corrected chi connectivity index (χ4v) is 5.14. The molecule has 12 N–H and O–H groups in total. The largest absolute Gasteiger partial charge is 3.00 e. The van der Waals surface area contributed by atoms with Crippen molar-refractivity contribution in [2.24, 2.45) is 0 Å². The molecule has 0 unspecified atom stereocenters. The molecule has 0 atom stereocenters. The van der Waals surface area contributed by atoms with E-state index in [2.05, 4.69) is 49.8 Å². The molecular weight excluding hydrogens is 1460 g/mol. The smallest absolute Gasteiger partial charge is 0.457 e. The van der Waals surface area contributed by atoms with Crippen LogP contribution in [-0.4, -0.2) is 80.4 Å². The van der Waals surface area contributed by atoms with Crippen LogP contribution >= 0.6 is 0 Å². The van der Waals surface area contributed by atoms with Gasteiger partial charge in [0.25, 0.3) is 0 Å². The fourth-order valence-electron chi connectivity index (χ4n) is 5.14. The number of hydrogen-bond donors (Lipinski definition) is 0. The Balaban J connectivity index is -0.000000173. The van der Waals surface area contributed by atoms with E-state index in [0.29, 0.717) is 0 Å². The molecule has 0 fully saturated rings. The van der Waals surface area contributed by atoms with Crippen LogP contribution in [0, 0.1) is 175 Å². The van der Waals surface area contributed by atoms with Gasteiger partial charge in [0.15, 0.2) is 0 Å². The summed E-state index contributed by atoms with van der Waals surface area (Å²) in [5.74, 6) is 0. The van der Waals surface area contributed by atoms with Gasteiger partial charge in [0.1, 0.15) is 0 Å². The Hall–Kier alpha value is -10.7. The van der Waals surface area contributed by atoms with Crippen molar-refractivity contribution in [3.05, 3.63) is 336 Å². The van der Waals surface area contributed by atoms with E-state index in [1.165, 1.54) is 0 Å². The molecule has 0 aliphatic heterocycles. The minimum atomic E-state index is -1.75. The van der Waals surface area contributed by atoms with Gasteiger partial charge in [-0.15, -0.1) is 0 Å². The summed E-state index contributed by atoms with van der Waals surface area (Å²) in [7, 11) is 0. The van der Waals surface area contributed by atoms with Gasteiger partial charge in [0.2, 0.25) is 0 Å². The van der Waals surface area contributed by atoms with Gasteiger partial charge in [0, 0.05) is 62.0 Å². The predicted octanol–water partition coefficient (Wildman–Crippen LogP) is 5.60. The van der Waals surface area contributed by atoms with E-state index < -0.39 is 30.5 Å². The summed E-state index contributed by atoms with van der Waals surface area (Å²) in [6.45, 7) is 0. The van der Waals surface area contributed by atoms with Crippen molar-refractivity contribution in [2.75, 3.05) is 0 Å². The van der Waals surface area contributed by atoms with Crippen molar-refractivity contribution in [3.63, 3.8) is 0 Å². The van der Waals surface area contributed by atoms with Crippen molar-refractivity contribution in [3.8, 4) is 56.9 Å². The molecule has 38 nitrogen and oxygen atoms in total. The van der Waals surface area contributed by atoms with Gasteiger partial charge in [-0.1, -0.05) is 60.7 Å². The van der Waals surface area contributed by atoms with Crippen molar-refractivity contribution in [1.82, 2.24) is 49.8 Å². The molecule has 0 aliphatic carbocycles. The van der Waals surface area contributed by atoms with Gasteiger partial charge in [-0.05, 0) is 121 Å². The molecule has 0 spiro atoms. The summed E-state index contributed by atoms with van der Waals surface area (Å²) in [6, 6.07) is 58.0. The minimum absolute atomic E-state index is 0. The van der Waals surface area contributed by atoms with Crippen LogP contribution in [0.3, 0.4) is 0 Å². The quantitative estimate of drug-likeness (QED) is 0.115. The van der Waals surface area contributed by atoms with Gasteiger partial charge in [-0.3, -0.25) is 49.8 Å². The molecule has 10 heterocycles. The minimum Gasteiger partial charge on any atom is -0.457 e. The van der Waals surface area contributed by atoms with E-state index in [1.807, 2.05) is 182 Å².